The Morgan fingerprint density at radius 3 is 2.70 bits per heavy atom. The predicted octanol–water partition coefficient (Wildman–Crippen LogP) is 2.26. The number of furan rings is 1. The third kappa shape index (κ3) is 3.07. The molecule has 7 nitrogen and oxygen atoms in total. The van der Waals surface area contributed by atoms with Crippen LogP contribution in [0.2, 0.25) is 0 Å². The van der Waals surface area contributed by atoms with E-state index < -0.39 is 5.25 Å². The van der Waals surface area contributed by atoms with Gasteiger partial charge in [0.2, 0.25) is 11.0 Å². The number of benzene rings is 1. The molecule has 2 aromatic heterocycles. The van der Waals surface area contributed by atoms with E-state index in [4.69, 9.17) is 15.0 Å². The van der Waals surface area contributed by atoms with Crippen LogP contribution >= 0.6 is 11.8 Å². The molecule has 0 bridgehead atoms. The van der Waals surface area contributed by atoms with Crippen molar-refractivity contribution >= 4 is 17.7 Å². The minimum Gasteiger partial charge on any atom is -0.468 e. The number of esters is 1. The normalized spacial score (nSPS) is 12.0. The second kappa shape index (κ2) is 6.57. The van der Waals surface area contributed by atoms with Crippen molar-refractivity contribution in [1.29, 1.82) is 0 Å². The average Bonchev–Trinajstić information content (AvgIpc) is 3.23. The fourth-order valence-electron chi connectivity index (χ4n) is 2.02. The van der Waals surface area contributed by atoms with E-state index in [0.717, 1.165) is 5.56 Å². The molecule has 0 spiro atoms. The standard InChI is InChI=1S/C15H14N4O3S/c1-21-14(20)12(10-6-3-2-4-7-10)23-15-18-17-13(19(15)16)11-8-5-9-22-11/h2-9,12H,16H2,1H3. The van der Waals surface area contributed by atoms with Crippen LogP contribution in [0.1, 0.15) is 10.8 Å². The summed E-state index contributed by atoms with van der Waals surface area (Å²) in [5.74, 6) is 6.52. The molecular weight excluding hydrogens is 316 g/mol. The Kier molecular flexibility index (Phi) is 4.33. The molecule has 0 aliphatic carbocycles. The molecule has 2 heterocycles. The molecule has 3 rings (SSSR count). The highest BCUT2D eigenvalue weighted by molar-refractivity contribution is 8.00. The number of hydrogen-bond donors (Lipinski definition) is 1. The van der Waals surface area contributed by atoms with E-state index in [9.17, 15) is 4.79 Å². The van der Waals surface area contributed by atoms with Gasteiger partial charge in [-0.15, -0.1) is 10.2 Å². The number of nitrogens with two attached hydrogens (primary N) is 1. The molecule has 1 unspecified atom stereocenters. The summed E-state index contributed by atoms with van der Waals surface area (Å²) in [6.07, 6.45) is 1.53. The second-order valence-corrected chi connectivity index (χ2v) is 5.66. The lowest BCUT2D eigenvalue weighted by atomic mass is 10.1. The number of methoxy groups -OCH3 is 1. The number of hydrogen-bond acceptors (Lipinski definition) is 7. The summed E-state index contributed by atoms with van der Waals surface area (Å²) in [7, 11) is 1.35. The van der Waals surface area contributed by atoms with Gasteiger partial charge >= 0.3 is 5.97 Å². The molecule has 1 aromatic carbocycles. The quantitative estimate of drug-likeness (QED) is 0.435. The van der Waals surface area contributed by atoms with Gasteiger partial charge in [0.05, 0.1) is 13.4 Å². The van der Waals surface area contributed by atoms with Crippen molar-refractivity contribution in [3.05, 3.63) is 54.3 Å². The van der Waals surface area contributed by atoms with Crippen molar-refractivity contribution in [3.8, 4) is 11.6 Å². The molecule has 0 aliphatic rings. The van der Waals surface area contributed by atoms with Gasteiger partial charge in [-0.05, 0) is 17.7 Å². The molecule has 0 amide bonds. The van der Waals surface area contributed by atoms with Crippen molar-refractivity contribution in [1.82, 2.24) is 14.9 Å². The summed E-state index contributed by atoms with van der Waals surface area (Å²) in [5.41, 5.74) is 0.798. The Hall–Kier alpha value is -2.74. The van der Waals surface area contributed by atoms with Crippen LogP contribution in [0.25, 0.3) is 11.6 Å². The SMILES string of the molecule is COC(=O)C(Sc1nnc(-c2ccco2)n1N)c1ccccc1. The topological polar surface area (TPSA) is 96.2 Å². The maximum Gasteiger partial charge on any atom is 0.323 e. The summed E-state index contributed by atoms with van der Waals surface area (Å²) >= 11 is 1.17. The zero-order valence-corrected chi connectivity index (χ0v) is 13.1. The lowest BCUT2D eigenvalue weighted by Crippen LogP contribution is -2.15. The lowest BCUT2D eigenvalue weighted by molar-refractivity contribution is -0.140. The Morgan fingerprint density at radius 1 is 1.26 bits per heavy atom. The summed E-state index contributed by atoms with van der Waals surface area (Å²) in [4.78, 5) is 12.1. The average molecular weight is 330 g/mol. The van der Waals surface area contributed by atoms with Crippen molar-refractivity contribution in [2.45, 2.75) is 10.4 Å². The highest BCUT2D eigenvalue weighted by Gasteiger charge is 2.26. The summed E-state index contributed by atoms with van der Waals surface area (Å²) < 4.78 is 11.4. The van der Waals surface area contributed by atoms with Crippen LogP contribution in [-0.4, -0.2) is 28.0 Å². The minimum atomic E-state index is -0.586. The van der Waals surface area contributed by atoms with E-state index in [1.165, 1.54) is 29.8 Å². The molecule has 3 aromatic rings. The largest absolute Gasteiger partial charge is 0.468 e. The van der Waals surface area contributed by atoms with Crippen molar-refractivity contribution in [3.63, 3.8) is 0 Å². The fourth-order valence-corrected chi connectivity index (χ4v) is 3.01. The van der Waals surface area contributed by atoms with Gasteiger partial charge in [0.25, 0.3) is 0 Å². The molecular formula is C15H14N4O3S. The maximum absolute atomic E-state index is 12.1. The van der Waals surface area contributed by atoms with Crippen LogP contribution in [0, 0.1) is 0 Å². The summed E-state index contributed by atoms with van der Waals surface area (Å²) in [6, 6.07) is 12.7. The van der Waals surface area contributed by atoms with Gasteiger partial charge in [0.1, 0.15) is 5.25 Å². The van der Waals surface area contributed by atoms with Gasteiger partial charge in [-0.1, -0.05) is 42.1 Å². The van der Waals surface area contributed by atoms with Crippen LogP contribution in [0.3, 0.4) is 0 Å². The van der Waals surface area contributed by atoms with E-state index in [1.54, 1.807) is 12.1 Å². The zero-order valence-electron chi connectivity index (χ0n) is 12.2. The molecule has 0 aliphatic heterocycles. The maximum atomic E-state index is 12.1. The lowest BCUT2D eigenvalue weighted by Gasteiger charge is -2.13. The molecule has 23 heavy (non-hydrogen) atoms. The molecule has 2 N–H and O–H groups in total. The van der Waals surface area contributed by atoms with Gasteiger partial charge in [-0.25, -0.2) is 4.68 Å². The third-order valence-electron chi connectivity index (χ3n) is 3.15. The first-order chi connectivity index (χ1) is 11.2. The molecule has 0 saturated carbocycles. The first-order valence-electron chi connectivity index (χ1n) is 6.74. The molecule has 0 radical (unpaired) electrons. The smallest absolute Gasteiger partial charge is 0.323 e. The number of aromatic nitrogens is 3. The van der Waals surface area contributed by atoms with Crippen LogP contribution in [0.15, 0.2) is 58.3 Å². The van der Waals surface area contributed by atoms with E-state index in [1.807, 2.05) is 30.3 Å². The number of carbonyl (C=O) groups is 1. The molecule has 0 saturated heterocycles. The monoisotopic (exact) mass is 330 g/mol. The third-order valence-corrected chi connectivity index (χ3v) is 4.34. The van der Waals surface area contributed by atoms with Gasteiger partial charge in [0.15, 0.2) is 5.76 Å². The van der Waals surface area contributed by atoms with Crippen LogP contribution in [-0.2, 0) is 9.53 Å². The van der Waals surface area contributed by atoms with Crippen LogP contribution < -0.4 is 5.84 Å². The summed E-state index contributed by atoms with van der Waals surface area (Å²) in [6.45, 7) is 0. The molecule has 0 fully saturated rings. The Balaban J connectivity index is 1.91. The van der Waals surface area contributed by atoms with Crippen LogP contribution in [0.5, 0.6) is 0 Å². The Labute approximate surface area is 136 Å². The van der Waals surface area contributed by atoms with Crippen molar-refractivity contribution in [2.75, 3.05) is 13.0 Å². The zero-order chi connectivity index (χ0) is 16.2. The first-order valence-corrected chi connectivity index (χ1v) is 7.62. The number of nitrogens with zero attached hydrogens (tertiary/aromatic N) is 3. The number of carbonyl (C=O) groups excluding carboxylic acids is 1. The number of thioether (sulfide) groups is 1. The minimum absolute atomic E-state index is 0.383. The summed E-state index contributed by atoms with van der Waals surface area (Å²) in [5, 5.41) is 7.85. The van der Waals surface area contributed by atoms with Crippen molar-refractivity contribution in [2.24, 2.45) is 0 Å². The van der Waals surface area contributed by atoms with Crippen molar-refractivity contribution < 1.29 is 13.9 Å². The van der Waals surface area contributed by atoms with Gasteiger partial charge in [0, 0.05) is 0 Å². The first kappa shape index (κ1) is 15.2. The van der Waals surface area contributed by atoms with Gasteiger partial charge in [-0.2, -0.15) is 0 Å². The Bertz CT molecular complexity index is 786. The van der Waals surface area contributed by atoms with E-state index in [0.29, 0.717) is 16.7 Å². The predicted molar refractivity (Wildman–Crippen MR) is 84.9 cm³/mol. The molecule has 118 valence electrons. The highest BCUT2D eigenvalue weighted by Crippen LogP contribution is 2.35. The number of rotatable bonds is 5. The number of nitrogen functional groups attached to an aromatic ring is 1. The highest BCUT2D eigenvalue weighted by atomic mass is 32.2. The van der Waals surface area contributed by atoms with E-state index in [2.05, 4.69) is 10.2 Å². The Morgan fingerprint density at radius 2 is 2.04 bits per heavy atom. The second-order valence-electron chi connectivity index (χ2n) is 4.59. The van der Waals surface area contributed by atoms with Crippen LogP contribution in [0.4, 0.5) is 0 Å². The molecule has 8 heteroatoms. The number of ether oxygens (including phenoxy) is 1. The van der Waals surface area contributed by atoms with E-state index >= 15 is 0 Å². The van der Waals surface area contributed by atoms with E-state index in [-0.39, 0.29) is 5.97 Å². The van der Waals surface area contributed by atoms with Gasteiger partial charge in [-0.3, -0.25) is 4.79 Å². The molecule has 1 atom stereocenters. The van der Waals surface area contributed by atoms with Gasteiger partial charge < -0.3 is 15.0 Å². The fraction of sp³-hybridized carbons (Fsp3) is 0.133.